The fourth-order valence-corrected chi connectivity index (χ4v) is 6.64. The van der Waals surface area contributed by atoms with Gasteiger partial charge in [-0.2, -0.15) is 0 Å². The van der Waals surface area contributed by atoms with Gasteiger partial charge in [0.05, 0.1) is 0 Å². The van der Waals surface area contributed by atoms with Crippen LogP contribution >= 0.6 is 0 Å². The van der Waals surface area contributed by atoms with Crippen LogP contribution in [0.4, 0.5) is 0 Å². The van der Waals surface area contributed by atoms with E-state index in [-0.39, 0.29) is 0 Å². The Kier molecular flexibility index (Phi) is 6.73. The lowest BCUT2D eigenvalue weighted by Crippen LogP contribution is -2.01. The molecule has 6 heteroatoms. The molecule has 0 spiro atoms. The van der Waals surface area contributed by atoms with Crippen LogP contribution in [0.3, 0.4) is 0 Å². The van der Waals surface area contributed by atoms with Gasteiger partial charge in [0.15, 0.2) is 17.5 Å². The molecule has 0 saturated heterocycles. The lowest BCUT2D eigenvalue weighted by Gasteiger charge is -2.12. The summed E-state index contributed by atoms with van der Waals surface area (Å²) >= 11 is 0. The zero-order valence-corrected chi connectivity index (χ0v) is 26.6. The Labute approximate surface area is 281 Å². The predicted molar refractivity (Wildman–Crippen MR) is 199 cm³/mol. The van der Waals surface area contributed by atoms with E-state index >= 15 is 0 Å². The molecule has 5 aromatic carbocycles. The van der Waals surface area contributed by atoms with Crippen LogP contribution in [-0.2, 0) is 0 Å². The lowest BCUT2D eigenvalue weighted by molar-refractivity contribution is 0.603. The van der Waals surface area contributed by atoms with Crippen molar-refractivity contribution in [2.45, 2.75) is 6.92 Å². The van der Waals surface area contributed by atoms with E-state index in [1.54, 1.807) is 6.20 Å². The monoisotopic (exact) mass is 632 g/mol. The first kappa shape index (κ1) is 28.6. The van der Waals surface area contributed by atoms with Crippen LogP contribution in [0.15, 0.2) is 143 Å². The molecular weight excluding hydrogens is 604 g/mol. The maximum atomic E-state index is 6.36. The highest BCUT2D eigenvalue weighted by atomic mass is 16.3. The Morgan fingerprint density at radius 2 is 1.39 bits per heavy atom. The fraction of sp³-hybridized carbons (Fsp3) is 0.0233. The standard InChI is InChI=1S/C43H28N4O2/c1-3-12-35-31(4-2)38-32(17-10-19-36(38)48-35)41-45-40(29-21-20-27-15-8-9-16-28(27)23-29)46-42(47-41)34-24-30(26-13-6-5-7-14-26)25-37-39(34)33-18-11-22-44-43(33)49-37/h3-25H,2H2,1H3/b12-3-. The SMILES string of the molecule is C=Cc1c(/C=C\C)oc2cccc(-c3nc(-c4ccc5ccccc5c4)nc(-c4cc(-c5ccccc5)cc5oc6ncccc6c45)n3)c12. The van der Waals surface area contributed by atoms with Crippen LogP contribution in [0.1, 0.15) is 18.2 Å². The summed E-state index contributed by atoms with van der Waals surface area (Å²) < 4.78 is 12.6. The molecule has 0 atom stereocenters. The van der Waals surface area contributed by atoms with E-state index in [0.717, 1.165) is 71.7 Å². The van der Waals surface area contributed by atoms with Gasteiger partial charge in [0.1, 0.15) is 16.9 Å². The lowest BCUT2D eigenvalue weighted by atomic mass is 9.98. The van der Waals surface area contributed by atoms with Crippen LogP contribution in [0.2, 0.25) is 0 Å². The number of pyridine rings is 1. The summed E-state index contributed by atoms with van der Waals surface area (Å²) in [5, 5.41) is 4.93. The first-order valence-corrected chi connectivity index (χ1v) is 16.1. The van der Waals surface area contributed by atoms with Crippen LogP contribution in [0.25, 0.3) is 101 Å². The average molecular weight is 633 g/mol. The molecule has 49 heavy (non-hydrogen) atoms. The van der Waals surface area contributed by atoms with Gasteiger partial charge in [-0.25, -0.2) is 19.9 Å². The molecule has 6 nitrogen and oxygen atoms in total. The normalized spacial score (nSPS) is 11.8. The van der Waals surface area contributed by atoms with Gasteiger partial charge in [0.2, 0.25) is 5.71 Å². The van der Waals surface area contributed by atoms with Crippen molar-refractivity contribution in [3.05, 3.63) is 145 Å². The molecule has 0 unspecified atom stereocenters. The van der Waals surface area contributed by atoms with Crippen molar-refractivity contribution < 1.29 is 8.83 Å². The maximum absolute atomic E-state index is 6.36. The molecule has 0 amide bonds. The van der Waals surface area contributed by atoms with Crippen LogP contribution < -0.4 is 0 Å². The van der Waals surface area contributed by atoms with Crippen molar-refractivity contribution in [1.29, 1.82) is 0 Å². The number of aromatic nitrogens is 4. The molecule has 0 N–H and O–H groups in total. The van der Waals surface area contributed by atoms with E-state index in [2.05, 4.69) is 66.2 Å². The van der Waals surface area contributed by atoms with Crippen molar-refractivity contribution in [3.8, 4) is 45.3 Å². The average Bonchev–Trinajstić information content (AvgIpc) is 3.72. The number of hydrogen-bond acceptors (Lipinski definition) is 6. The zero-order valence-electron chi connectivity index (χ0n) is 26.6. The van der Waals surface area contributed by atoms with Crippen molar-refractivity contribution in [2.24, 2.45) is 0 Å². The summed E-state index contributed by atoms with van der Waals surface area (Å²) in [7, 11) is 0. The summed E-state index contributed by atoms with van der Waals surface area (Å²) in [6, 6.07) is 38.9. The molecule has 4 heterocycles. The quantitative estimate of drug-likeness (QED) is 0.181. The molecule has 0 fully saturated rings. The zero-order chi connectivity index (χ0) is 32.9. The molecule has 9 rings (SSSR count). The van der Waals surface area contributed by atoms with Gasteiger partial charge < -0.3 is 8.83 Å². The summed E-state index contributed by atoms with van der Waals surface area (Å²) in [6.07, 6.45) is 7.48. The van der Waals surface area contributed by atoms with Crippen LogP contribution in [-0.4, -0.2) is 19.9 Å². The number of allylic oxidation sites excluding steroid dienone is 1. The van der Waals surface area contributed by atoms with Crippen molar-refractivity contribution in [3.63, 3.8) is 0 Å². The number of rotatable bonds is 6. The molecule has 9 aromatic rings. The van der Waals surface area contributed by atoms with E-state index in [1.165, 1.54) is 0 Å². The number of fused-ring (bicyclic) bond motifs is 5. The molecule has 4 aromatic heterocycles. The van der Waals surface area contributed by atoms with E-state index < -0.39 is 0 Å². The molecule has 0 aliphatic carbocycles. The van der Waals surface area contributed by atoms with Crippen molar-refractivity contribution >= 4 is 56.0 Å². The minimum Gasteiger partial charge on any atom is -0.456 e. The van der Waals surface area contributed by atoms with E-state index in [4.69, 9.17) is 23.8 Å². The van der Waals surface area contributed by atoms with E-state index in [1.807, 2.05) is 85.8 Å². The first-order valence-electron chi connectivity index (χ1n) is 16.1. The maximum Gasteiger partial charge on any atom is 0.227 e. The highest BCUT2D eigenvalue weighted by Gasteiger charge is 2.22. The summed E-state index contributed by atoms with van der Waals surface area (Å²) in [5.74, 6) is 2.35. The van der Waals surface area contributed by atoms with Gasteiger partial charge in [0.25, 0.3) is 0 Å². The Morgan fingerprint density at radius 1 is 0.592 bits per heavy atom. The number of furan rings is 2. The molecular formula is C43H28N4O2. The molecule has 0 aliphatic rings. The van der Waals surface area contributed by atoms with Crippen molar-refractivity contribution in [1.82, 2.24) is 19.9 Å². The largest absolute Gasteiger partial charge is 0.456 e. The smallest absolute Gasteiger partial charge is 0.227 e. The van der Waals surface area contributed by atoms with E-state index in [9.17, 15) is 0 Å². The van der Waals surface area contributed by atoms with Gasteiger partial charge in [-0.1, -0.05) is 97.6 Å². The molecule has 0 saturated carbocycles. The van der Waals surface area contributed by atoms with Gasteiger partial charge in [0, 0.05) is 44.6 Å². The van der Waals surface area contributed by atoms with Crippen molar-refractivity contribution in [2.75, 3.05) is 0 Å². The third-order valence-corrected chi connectivity index (χ3v) is 8.88. The number of benzene rings is 5. The highest BCUT2D eigenvalue weighted by Crippen LogP contribution is 2.41. The molecule has 0 radical (unpaired) electrons. The fourth-order valence-electron chi connectivity index (χ4n) is 6.64. The summed E-state index contributed by atoms with van der Waals surface area (Å²) in [5.41, 5.74) is 7.46. The van der Waals surface area contributed by atoms with Gasteiger partial charge in [-0.3, -0.25) is 0 Å². The molecule has 0 bridgehead atoms. The van der Waals surface area contributed by atoms with Crippen LogP contribution in [0, 0.1) is 0 Å². The van der Waals surface area contributed by atoms with Gasteiger partial charge in [-0.05, 0) is 71.3 Å². The molecule has 232 valence electrons. The topological polar surface area (TPSA) is 77.8 Å². The summed E-state index contributed by atoms with van der Waals surface area (Å²) in [6.45, 7) is 6.09. The Morgan fingerprint density at radius 3 is 2.22 bits per heavy atom. The molecule has 0 aliphatic heterocycles. The third-order valence-electron chi connectivity index (χ3n) is 8.88. The second-order valence-corrected chi connectivity index (χ2v) is 11.9. The van der Waals surface area contributed by atoms with Crippen LogP contribution in [0.5, 0.6) is 0 Å². The number of nitrogens with zero attached hydrogens (tertiary/aromatic N) is 4. The summed E-state index contributed by atoms with van der Waals surface area (Å²) in [4.78, 5) is 20.1. The van der Waals surface area contributed by atoms with Gasteiger partial charge in [-0.15, -0.1) is 0 Å². The van der Waals surface area contributed by atoms with E-state index in [0.29, 0.717) is 28.8 Å². The Bertz CT molecular complexity index is 2760. The highest BCUT2D eigenvalue weighted by molar-refractivity contribution is 6.12. The Balaban J connectivity index is 1.38. The first-order chi connectivity index (χ1) is 24.2. The predicted octanol–water partition coefficient (Wildman–Crippen LogP) is 11.4. The second-order valence-electron chi connectivity index (χ2n) is 11.9. The minimum absolute atomic E-state index is 0.525. The second kappa shape index (κ2) is 11.5. The third kappa shape index (κ3) is 4.81. The van der Waals surface area contributed by atoms with Gasteiger partial charge >= 0.3 is 0 Å². The minimum atomic E-state index is 0.525. The number of hydrogen-bond donors (Lipinski definition) is 0. The Hall–Kier alpha value is -6.66.